The molecule has 0 radical (unpaired) electrons. The van der Waals surface area contributed by atoms with Gasteiger partial charge in [0.15, 0.2) is 5.43 Å². The summed E-state index contributed by atoms with van der Waals surface area (Å²) < 4.78 is 18.7. The standard InChI is InChI=1S/C25H30O6/c1-5-6-7-8-15-13-16(26)18-19-20-23(4,31-21(18)30-15)11-12-25(28)22(2,3)17(27)9-10-24(20,25)14-29-19/h5-8,13,19-20,28H,9-12,14H2,1-4H3/b6-5+,8-7+/t19-,20-,23+,24-,25+/m0/s1. The molecule has 5 atom stereocenters. The third-order valence-corrected chi connectivity index (χ3v) is 8.56. The minimum atomic E-state index is -1.20. The monoisotopic (exact) mass is 426 g/mol. The summed E-state index contributed by atoms with van der Waals surface area (Å²) in [5, 5.41) is 12.0. The maximum atomic E-state index is 13.1. The Bertz CT molecular complexity index is 1060. The SMILES string of the molecule is C/C=C/C=C/c1cc(=O)c2c(o1)O[C@]1(C)CC[C@@]3(O)C(C)(C)C(=O)CC[C@@]34CO[C@@H]2[C@H]41. The molecule has 1 aromatic rings. The van der Waals surface area contributed by atoms with Crippen molar-refractivity contribution >= 4 is 11.9 Å². The summed E-state index contributed by atoms with van der Waals surface area (Å²) in [6.45, 7) is 7.93. The van der Waals surface area contributed by atoms with Gasteiger partial charge in [-0.25, -0.2) is 0 Å². The van der Waals surface area contributed by atoms with E-state index in [1.165, 1.54) is 6.07 Å². The summed E-state index contributed by atoms with van der Waals surface area (Å²) in [4.78, 5) is 25.9. The fourth-order valence-electron chi connectivity index (χ4n) is 6.83. The van der Waals surface area contributed by atoms with Gasteiger partial charge >= 0.3 is 0 Å². The van der Waals surface area contributed by atoms with Crippen molar-refractivity contribution in [3.63, 3.8) is 0 Å². The van der Waals surface area contributed by atoms with Crippen LogP contribution in [-0.2, 0) is 9.53 Å². The van der Waals surface area contributed by atoms with E-state index in [-0.39, 0.29) is 23.1 Å². The van der Waals surface area contributed by atoms with Crippen molar-refractivity contribution in [1.82, 2.24) is 0 Å². The maximum absolute atomic E-state index is 13.1. The number of Topliss-reactive ketones (excluding diaryl/α,β-unsaturated/α-hetero) is 1. The highest BCUT2D eigenvalue weighted by Crippen LogP contribution is 2.71. The van der Waals surface area contributed by atoms with E-state index in [9.17, 15) is 14.7 Å². The molecule has 2 aliphatic carbocycles. The van der Waals surface area contributed by atoms with Crippen LogP contribution in [0.1, 0.15) is 70.8 Å². The largest absolute Gasteiger partial charge is 0.458 e. The first-order chi connectivity index (χ1) is 14.6. The minimum absolute atomic E-state index is 0.0851. The molecule has 2 aliphatic heterocycles. The van der Waals surface area contributed by atoms with Crippen LogP contribution in [0.4, 0.5) is 0 Å². The number of carbonyl (C=O) groups is 1. The van der Waals surface area contributed by atoms with E-state index in [1.54, 1.807) is 12.2 Å². The third-order valence-electron chi connectivity index (χ3n) is 8.56. The molecule has 4 aliphatic rings. The Balaban J connectivity index is 1.65. The van der Waals surface area contributed by atoms with Gasteiger partial charge in [-0.05, 0) is 39.2 Å². The number of ether oxygens (including phenoxy) is 2. The predicted octanol–water partition coefficient (Wildman–Crippen LogP) is 3.97. The van der Waals surface area contributed by atoms with Gasteiger partial charge in [0.25, 0.3) is 5.95 Å². The Morgan fingerprint density at radius 2 is 1.90 bits per heavy atom. The predicted molar refractivity (Wildman–Crippen MR) is 115 cm³/mol. The first-order valence-electron chi connectivity index (χ1n) is 11.1. The van der Waals surface area contributed by atoms with Gasteiger partial charge in [-0.2, -0.15) is 0 Å². The van der Waals surface area contributed by atoms with E-state index in [0.29, 0.717) is 43.6 Å². The number of hydrogen-bond donors (Lipinski definition) is 1. The van der Waals surface area contributed by atoms with Crippen molar-refractivity contribution in [2.24, 2.45) is 16.7 Å². The first kappa shape index (κ1) is 20.7. The van der Waals surface area contributed by atoms with Crippen LogP contribution in [0.15, 0.2) is 33.5 Å². The van der Waals surface area contributed by atoms with E-state index < -0.39 is 28.1 Å². The molecule has 0 unspecified atom stereocenters. The van der Waals surface area contributed by atoms with Crippen LogP contribution >= 0.6 is 0 Å². The fraction of sp³-hybridized carbons (Fsp3) is 0.600. The fourth-order valence-corrected chi connectivity index (χ4v) is 6.83. The van der Waals surface area contributed by atoms with Crippen molar-refractivity contribution in [3.8, 4) is 5.95 Å². The second kappa shape index (κ2) is 6.42. The van der Waals surface area contributed by atoms with Gasteiger partial charge in [0, 0.05) is 23.8 Å². The summed E-state index contributed by atoms with van der Waals surface area (Å²) in [6.07, 6.45) is 8.69. The number of aliphatic hydroxyl groups is 1. The van der Waals surface area contributed by atoms with Crippen LogP contribution in [0.25, 0.3) is 6.08 Å². The summed E-state index contributed by atoms with van der Waals surface area (Å²) in [7, 11) is 0. The van der Waals surface area contributed by atoms with Crippen LogP contribution in [0, 0.1) is 16.7 Å². The van der Waals surface area contributed by atoms with Crippen LogP contribution in [0.3, 0.4) is 0 Å². The van der Waals surface area contributed by atoms with Gasteiger partial charge in [-0.15, -0.1) is 0 Å². The number of carbonyl (C=O) groups excluding carboxylic acids is 1. The van der Waals surface area contributed by atoms with Crippen molar-refractivity contribution < 1.29 is 23.8 Å². The Hall–Kier alpha value is -2.18. The van der Waals surface area contributed by atoms with Crippen molar-refractivity contribution in [3.05, 3.63) is 45.8 Å². The lowest BCUT2D eigenvalue weighted by Crippen LogP contribution is -2.73. The topological polar surface area (TPSA) is 86.0 Å². The van der Waals surface area contributed by atoms with E-state index in [0.717, 1.165) is 0 Å². The lowest BCUT2D eigenvalue weighted by atomic mass is 9.42. The highest BCUT2D eigenvalue weighted by Gasteiger charge is 2.76. The average molecular weight is 427 g/mol. The minimum Gasteiger partial charge on any atom is -0.458 e. The highest BCUT2D eigenvalue weighted by atomic mass is 16.6. The summed E-state index contributed by atoms with van der Waals surface area (Å²) in [6, 6.07) is 1.46. The molecule has 1 N–H and O–H groups in total. The summed E-state index contributed by atoms with van der Waals surface area (Å²) in [5.41, 5.74) is -3.18. The van der Waals surface area contributed by atoms with Crippen molar-refractivity contribution in [2.45, 2.75) is 70.7 Å². The van der Waals surface area contributed by atoms with Crippen LogP contribution < -0.4 is 10.2 Å². The molecule has 1 saturated heterocycles. The average Bonchev–Trinajstić information content (AvgIpc) is 3.10. The molecule has 1 aromatic heterocycles. The van der Waals surface area contributed by atoms with Crippen LogP contribution in [0.2, 0.25) is 0 Å². The Kier molecular flexibility index (Phi) is 4.29. The molecular weight excluding hydrogens is 396 g/mol. The van der Waals surface area contributed by atoms with E-state index in [2.05, 4.69) is 0 Å². The molecule has 6 heteroatoms. The molecule has 3 fully saturated rings. The normalized spacial score (nSPS) is 40.5. The smallest absolute Gasteiger partial charge is 0.295 e. The lowest BCUT2D eigenvalue weighted by Gasteiger charge is -2.64. The highest BCUT2D eigenvalue weighted by molar-refractivity contribution is 5.87. The van der Waals surface area contributed by atoms with Gasteiger partial charge in [0.1, 0.15) is 28.8 Å². The van der Waals surface area contributed by atoms with Gasteiger partial charge in [0.05, 0.1) is 17.6 Å². The Morgan fingerprint density at radius 3 is 2.65 bits per heavy atom. The molecule has 0 aromatic carbocycles. The maximum Gasteiger partial charge on any atom is 0.295 e. The Morgan fingerprint density at radius 1 is 1.13 bits per heavy atom. The molecule has 5 rings (SSSR count). The number of hydrogen-bond acceptors (Lipinski definition) is 6. The number of allylic oxidation sites excluding steroid dienone is 3. The zero-order chi connectivity index (χ0) is 22.2. The van der Waals surface area contributed by atoms with Crippen molar-refractivity contribution in [2.75, 3.05) is 6.61 Å². The second-order valence-electron chi connectivity index (χ2n) is 10.3. The molecule has 3 heterocycles. The Labute approximate surface area is 181 Å². The van der Waals surface area contributed by atoms with E-state index in [1.807, 2.05) is 39.8 Å². The van der Waals surface area contributed by atoms with Gasteiger partial charge in [-0.1, -0.05) is 32.1 Å². The lowest BCUT2D eigenvalue weighted by molar-refractivity contribution is -0.250. The quantitative estimate of drug-likeness (QED) is 0.721. The molecule has 0 amide bonds. The third kappa shape index (κ3) is 2.46. The van der Waals surface area contributed by atoms with Gasteiger partial charge in [0.2, 0.25) is 0 Å². The van der Waals surface area contributed by atoms with Crippen LogP contribution in [-0.4, -0.2) is 28.7 Å². The van der Waals surface area contributed by atoms with Gasteiger partial charge in [-0.3, -0.25) is 9.59 Å². The molecule has 0 bridgehead atoms. The first-order valence-corrected chi connectivity index (χ1v) is 11.1. The molecular formula is C25H30O6. The molecule has 2 saturated carbocycles. The summed E-state index contributed by atoms with van der Waals surface area (Å²) >= 11 is 0. The van der Waals surface area contributed by atoms with E-state index >= 15 is 0 Å². The second-order valence-corrected chi connectivity index (χ2v) is 10.3. The molecule has 166 valence electrons. The molecule has 6 nitrogen and oxygen atoms in total. The van der Waals surface area contributed by atoms with E-state index in [4.69, 9.17) is 13.9 Å². The van der Waals surface area contributed by atoms with Gasteiger partial charge < -0.3 is 19.0 Å². The number of ketones is 1. The molecule has 1 spiro atoms. The number of fused-ring (bicyclic) bond motifs is 2. The summed E-state index contributed by atoms with van der Waals surface area (Å²) in [5.74, 6) is 0.492. The molecule has 31 heavy (non-hydrogen) atoms. The zero-order valence-corrected chi connectivity index (χ0v) is 18.6. The zero-order valence-electron chi connectivity index (χ0n) is 18.6. The van der Waals surface area contributed by atoms with Crippen LogP contribution in [0.5, 0.6) is 5.95 Å². The van der Waals surface area contributed by atoms with Crippen molar-refractivity contribution in [1.29, 1.82) is 0 Å². The number of rotatable bonds is 2.